The number of fused-ring (bicyclic) bond motifs is 2. The summed E-state index contributed by atoms with van der Waals surface area (Å²) in [7, 11) is -1.77. The first-order chi connectivity index (χ1) is 12.0. The van der Waals surface area contributed by atoms with E-state index in [0.29, 0.717) is 5.92 Å². The van der Waals surface area contributed by atoms with E-state index in [1.54, 1.807) is 10.4 Å². The van der Waals surface area contributed by atoms with Crippen LogP contribution in [-0.2, 0) is 0 Å². The van der Waals surface area contributed by atoms with Crippen molar-refractivity contribution in [1.82, 2.24) is 0 Å². The van der Waals surface area contributed by atoms with Gasteiger partial charge in [-0.1, -0.05) is 44.1 Å². The van der Waals surface area contributed by atoms with Crippen LogP contribution in [-0.4, -0.2) is 8.07 Å². The Labute approximate surface area is 188 Å². The molecule has 0 aromatic heterocycles. The fourth-order valence-corrected chi connectivity index (χ4v) is 7.36. The molecule has 4 aromatic rings. The van der Waals surface area contributed by atoms with Crippen LogP contribution in [0.4, 0.5) is 0 Å². The van der Waals surface area contributed by atoms with Gasteiger partial charge in [0.15, 0.2) is 0 Å². The molecular formula is C24H26Li2Si. The van der Waals surface area contributed by atoms with Gasteiger partial charge in [0.1, 0.15) is 0 Å². The first-order valence-corrected chi connectivity index (χ1v) is 12.4. The molecule has 27 heavy (non-hydrogen) atoms. The first kappa shape index (κ1) is 22.4. The molecule has 0 amide bonds. The molecule has 4 aromatic carbocycles. The van der Waals surface area contributed by atoms with Crippen LogP contribution in [0.25, 0.3) is 21.5 Å². The molecule has 3 heteroatoms. The van der Waals surface area contributed by atoms with Gasteiger partial charge in [-0.15, -0.1) is 87.4 Å². The van der Waals surface area contributed by atoms with Crippen LogP contribution in [0.1, 0.15) is 31.7 Å². The molecule has 0 aliphatic rings. The van der Waals surface area contributed by atoms with Crippen LogP contribution < -0.4 is 48.1 Å². The van der Waals surface area contributed by atoms with Gasteiger partial charge in [-0.05, 0) is 5.92 Å². The molecular weight excluding hydrogens is 330 g/mol. The van der Waals surface area contributed by atoms with Crippen LogP contribution in [0.3, 0.4) is 0 Å². The van der Waals surface area contributed by atoms with Gasteiger partial charge in [-0.2, -0.15) is 6.07 Å². The molecule has 1 atom stereocenters. The van der Waals surface area contributed by atoms with Crippen LogP contribution >= 0.6 is 0 Å². The second-order valence-corrected chi connectivity index (χ2v) is 12.2. The molecule has 1 unspecified atom stereocenters. The zero-order chi connectivity index (χ0) is 17.6. The Morgan fingerprint density at radius 1 is 0.852 bits per heavy atom. The molecule has 4 rings (SSSR count). The van der Waals surface area contributed by atoms with Crippen molar-refractivity contribution in [2.24, 2.45) is 0 Å². The van der Waals surface area contributed by atoms with E-state index in [2.05, 4.69) is 93.7 Å². The third-order valence-corrected chi connectivity index (χ3v) is 9.54. The molecule has 0 nitrogen and oxygen atoms in total. The Kier molecular flexibility index (Phi) is 7.13. The van der Waals surface area contributed by atoms with Crippen LogP contribution in [0.2, 0.25) is 13.1 Å². The second-order valence-electron chi connectivity index (χ2n) is 7.83. The van der Waals surface area contributed by atoms with Gasteiger partial charge < -0.3 is 0 Å². The van der Waals surface area contributed by atoms with Crippen molar-refractivity contribution in [3.8, 4) is 0 Å². The van der Waals surface area contributed by atoms with E-state index in [1.807, 2.05) is 0 Å². The van der Waals surface area contributed by atoms with Gasteiger partial charge in [0.2, 0.25) is 0 Å². The fraction of sp³-hybridized carbons (Fsp3) is 0.250. The Morgan fingerprint density at radius 2 is 1.52 bits per heavy atom. The van der Waals surface area contributed by atoms with Gasteiger partial charge in [-0.3, -0.25) is 0 Å². The minimum absolute atomic E-state index is 0. The van der Waals surface area contributed by atoms with Gasteiger partial charge >= 0.3 is 37.7 Å². The molecule has 0 heterocycles. The van der Waals surface area contributed by atoms with Crippen LogP contribution in [0.15, 0.2) is 66.7 Å². The SMILES string of the molecule is CCC(C)c1cc([Si](C)(C)c2cc[c-]3ccccc23)c2cccc[c-]12.[Li+].[Li+]. The predicted molar refractivity (Wildman–Crippen MR) is 115 cm³/mol. The topological polar surface area (TPSA) is 0 Å². The largest absolute Gasteiger partial charge is 1.00 e. The quantitative estimate of drug-likeness (QED) is 0.350. The predicted octanol–water partition coefficient (Wildman–Crippen LogP) is -0.225. The van der Waals surface area contributed by atoms with Crippen molar-refractivity contribution in [3.05, 3.63) is 72.3 Å². The summed E-state index contributed by atoms with van der Waals surface area (Å²) in [6.45, 7) is 9.67. The van der Waals surface area contributed by atoms with Crippen LogP contribution in [0.5, 0.6) is 0 Å². The second kappa shape index (κ2) is 8.61. The molecule has 0 radical (unpaired) electrons. The fourth-order valence-electron chi connectivity index (χ4n) is 4.27. The Balaban J connectivity index is 0.00000131. The maximum Gasteiger partial charge on any atom is 1.00 e. The number of rotatable bonds is 4. The Hall–Kier alpha value is -0.928. The summed E-state index contributed by atoms with van der Waals surface area (Å²) in [4.78, 5) is 0. The molecule has 0 bridgehead atoms. The number of benzene rings is 2. The summed E-state index contributed by atoms with van der Waals surface area (Å²) in [6, 6.07) is 25.1. The summed E-state index contributed by atoms with van der Waals surface area (Å²) in [5, 5.41) is 8.90. The van der Waals surface area contributed by atoms with Crippen molar-refractivity contribution in [2.75, 3.05) is 0 Å². The van der Waals surface area contributed by atoms with Crippen molar-refractivity contribution >= 4 is 40.0 Å². The van der Waals surface area contributed by atoms with Crippen molar-refractivity contribution in [2.45, 2.75) is 39.3 Å². The summed E-state index contributed by atoms with van der Waals surface area (Å²) >= 11 is 0. The average Bonchev–Trinajstić information content (AvgIpc) is 3.23. The van der Waals surface area contributed by atoms with E-state index in [1.165, 1.54) is 33.5 Å². The Morgan fingerprint density at radius 3 is 2.22 bits per heavy atom. The van der Waals surface area contributed by atoms with Gasteiger partial charge in [-0.25, -0.2) is 0 Å². The zero-order valence-corrected chi connectivity index (χ0v) is 18.6. The average molecular weight is 356 g/mol. The molecule has 0 aliphatic heterocycles. The minimum atomic E-state index is -1.77. The smallest absolute Gasteiger partial charge is 0.151 e. The number of hydrogen-bond donors (Lipinski definition) is 0. The monoisotopic (exact) mass is 356 g/mol. The maximum absolute atomic E-state index is 2.53. The third kappa shape index (κ3) is 3.70. The van der Waals surface area contributed by atoms with Gasteiger partial charge in [0.05, 0.1) is 0 Å². The van der Waals surface area contributed by atoms with E-state index in [-0.39, 0.29) is 37.7 Å². The summed E-state index contributed by atoms with van der Waals surface area (Å²) in [5.74, 6) is 0.611. The van der Waals surface area contributed by atoms with E-state index < -0.39 is 8.07 Å². The van der Waals surface area contributed by atoms with E-state index in [0.717, 1.165) is 0 Å². The van der Waals surface area contributed by atoms with E-state index >= 15 is 0 Å². The maximum atomic E-state index is 2.53. The van der Waals surface area contributed by atoms with E-state index in [9.17, 15) is 0 Å². The van der Waals surface area contributed by atoms with E-state index in [4.69, 9.17) is 0 Å². The third-order valence-electron chi connectivity index (χ3n) is 6.00. The normalized spacial score (nSPS) is 12.6. The standard InChI is InChI=1S/C24H26Si.2Li/c1-5-17(2)22-16-24(21-13-9-8-12-20(21)22)25(3,4)23-15-14-18-10-6-7-11-19(18)23;;/h6-17H,5H2,1-4H3;;/q-2;2*+1. The minimum Gasteiger partial charge on any atom is -0.151 e. The van der Waals surface area contributed by atoms with Crippen molar-refractivity contribution in [1.29, 1.82) is 0 Å². The molecule has 0 aliphatic carbocycles. The molecule has 0 saturated heterocycles. The molecule has 128 valence electrons. The van der Waals surface area contributed by atoms with Crippen LogP contribution in [0, 0.1) is 0 Å². The summed E-state index contributed by atoms with van der Waals surface area (Å²) in [5.41, 5.74) is 1.53. The molecule has 0 N–H and O–H groups in total. The Bertz CT molecular complexity index is 1040. The molecule has 0 fully saturated rings. The van der Waals surface area contributed by atoms with Gasteiger partial charge in [0.25, 0.3) is 0 Å². The van der Waals surface area contributed by atoms with Crippen molar-refractivity contribution < 1.29 is 37.7 Å². The summed E-state index contributed by atoms with van der Waals surface area (Å²) < 4.78 is 0. The molecule has 0 saturated carbocycles. The first-order valence-electron chi connectivity index (χ1n) is 9.37. The van der Waals surface area contributed by atoms with Crippen molar-refractivity contribution in [3.63, 3.8) is 0 Å². The molecule has 0 spiro atoms. The number of hydrogen-bond acceptors (Lipinski definition) is 0. The van der Waals surface area contributed by atoms with Gasteiger partial charge in [0, 0.05) is 8.07 Å². The summed E-state index contributed by atoms with van der Waals surface area (Å²) in [6.07, 6.45) is 1.19. The zero-order valence-electron chi connectivity index (χ0n) is 17.6.